The minimum absolute atomic E-state index is 0.275. The smallest absolute Gasteiger partial charge is 0.341 e. The van der Waals surface area contributed by atoms with Gasteiger partial charge in [-0.15, -0.1) is 11.3 Å². The number of rotatable bonds is 6. The minimum Gasteiger partial charge on any atom is -0.465 e. The van der Waals surface area contributed by atoms with Crippen LogP contribution in [0.25, 0.3) is 0 Å². The number of aryl methyl sites for hydroxylation is 1. The van der Waals surface area contributed by atoms with Crippen molar-refractivity contribution in [3.63, 3.8) is 0 Å². The van der Waals surface area contributed by atoms with Crippen LogP contribution >= 0.6 is 11.3 Å². The van der Waals surface area contributed by atoms with Crippen molar-refractivity contribution in [2.75, 3.05) is 12.4 Å². The van der Waals surface area contributed by atoms with Crippen LogP contribution in [0.4, 0.5) is 5.00 Å². The zero-order chi connectivity index (χ0) is 20.8. The lowest BCUT2D eigenvalue weighted by molar-refractivity contribution is -0.124. The summed E-state index contributed by atoms with van der Waals surface area (Å²) in [5, 5.41) is 3.26. The average molecular weight is 416 g/mol. The Morgan fingerprint density at radius 2 is 2.00 bits per heavy atom. The summed E-state index contributed by atoms with van der Waals surface area (Å²) in [6, 6.07) is 3.20. The summed E-state index contributed by atoms with van der Waals surface area (Å²) >= 11 is 1.41. The largest absolute Gasteiger partial charge is 0.465 e. The number of nitrogens with zero attached hydrogens (tertiary/aromatic N) is 1. The number of ether oxygens (including phenoxy) is 2. The van der Waals surface area contributed by atoms with Crippen LogP contribution in [0.2, 0.25) is 0 Å². The standard InChI is InChI=1S/C21H24N2O5S/c1-3-15(28-20(25)13-8-7-11-22-12-13)18(24)23-19-17(21(26)27-2)14-9-5-4-6-10-16(14)29-19/h7-8,11-12,15H,3-6,9-10H2,1-2H3,(H,23,24). The fourth-order valence-corrected chi connectivity index (χ4v) is 4.62. The van der Waals surface area contributed by atoms with Gasteiger partial charge in [0.1, 0.15) is 5.00 Å². The van der Waals surface area contributed by atoms with Crippen molar-refractivity contribution in [1.29, 1.82) is 0 Å². The lowest BCUT2D eigenvalue weighted by atomic mass is 10.1. The van der Waals surface area contributed by atoms with Gasteiger partial charge in [0.15, 0.2) is 6.10 Å². The molecule has 2 aromatic rings. The number of hydrogen-bond donors (Lipinski definition) is 1. The van der Waals surface area contributed by atoms with E-state index in [4.69, 9.17) is 9.47 Å². The highest BCUT2D eigenvalue weighted by atomic mass is 32.1. The van der Waals surface area contributed by atoms with Crippen molar-refractivity contribution in [2.24, 2.45) is 0 Å². The van der Waals surface area contributed by atoms with Crippen LogP contribution in [0.5, 0.6) is 0 Å². The number of esters is 2. The zero-order valence-corrected chi connectivity index (χ0v) is 17.3. The fraction of sp³-hybridized carbons (Fsp3) is 0.429. The van der Waals surface area contributed by atoms with Crippen molar-refractivity contribution in [1.82, 2.24) is 4.98 Å². The topological polar surface area (TPSA) is 94.6 Å². The van der Waals surface area contributed by atoms with Crippen LogP contribution in [0.3, 0.4) is 0 Å². The number of methoxy groups -OCH3 is 1. The van der Waals surface area contributed by atoms with Crippen molar-refractivity contribution in [3.05, 3.63) is 46.1 Å². The van der Waals surface area contributed by atoms with Gasteiger partial charge in [-0.1, -0.05) is 13.3 Å². The molecule has 0 aromatic carbocycles. The van der Waals surface area contributed by atoms with E-state index in [1.165, 1.54) is 24.6 Å². The van der Waals surface area contributed by atoms with Gasteiger partial charge in [0.25, 0.3) is 5.91 Å². The molecule has 29 heavy (non-hydrogen) atoms. The van der Waals surface area contributed by atoms with Gasteiger partial charge in [0.05, 0.1) is 18.2 Å². The van der Waals surface area contributed by atoms with Gasteiger partial charge in [-0.2, -0.15) is 0 Å². The maximum absolute atomic E-state index is 12.8. The monoisotopic (exact) mass is 416 g/mol. The Balaban J connectivity index is 1.79. The molecular formula is C21H24N2O5S. The molecule has 1 atom stereocenters. The van der Waals surface area contributed by atoms with Gasteiger partial charge in [-0.05, 0) is 49.8 Å². The molecule has 3 rings (SSSR count). The molecule has 0 spiro atoms. The molecular weight excluding hydrogens is 392 g/mol. The summed E-state index contributed by atoms with van der Waals surface area (Å²) in [5.74, 6) is -1.54. The van der Waals surface area contributed by atoms with Gasteiger partial charge in [-0.25, -0.2) is 9.59 Å². The number of thiophene rings is 1. The Labute approximate surface area is 173 Å². The predicted octanol–water partition coefficient (Wildman–Crippen LogP) is 3.77. The quantitative estimate of drug-likeness (QED) is 0.569. The third-order valence-corrected chi connectivity index (χ3v) is 6.06. The number of nitrogens with one attached hydrogen (secondary N) is 1. The third kappa shape index (κ3) is 4.82. The Morgan fingerprint density at radius 3 is 2.69 bits per heavy atom. The normalized spacial score (nSPS) is 14.3. The molecule has 0 bridgehead atoms. The molecule has 1 amide bonds. The first-order valence-electron chi connectivity index (χ1n) is 9.69. The molecule has 154 valence electrons. The Kier molecular flexibility index (Phi) is 6.98. The van der Waals surface area contributed by atoms with E-state index >= 15 is 0 Å². The Hall–Kier alpha value is -2.74. The third-order valence-electron chi connectivity index (χ3n) is 4.86. The second-order valence-electron chi connectivity index (χ2n) is 6.79. The number of carbonyl (C=O) groups excluding carboxylic acids is 3. The van der Waals surface area contributed by atoms with Gasteiger partial charge >= 0.3 is 11.9 Å². The van der Waals surface area contributed by atoms with E-state index in [1.807, 2.05) is 0 Å². The van der Waals surface area contributed by atoms with Crippen LogP contribution < -0.4 is 5.32 Å². The number of amides is 1. The number of pyridine rings is 1. The minimum atomic E-state index is -0.977. The highest BCUT2D eigenvalue weighted by Gasteiger charge is 2.29. The van der Waals surface area contributed by atoms with Crippen LogP contribution in [0.1, 0.15) is 63.8 Å². The van der Waals surface area contributed by atoms with Crippen molar-refractivity contribution < 1.29 is 23.9 Å². The van der Waals surface area contributed by atoms with Crippen LogP contribution in [-0.2, 0) is 27.1 Å². The molecule has 2 heterocycles. The maximum Gasteiger partial charge on any atom is 0.341 e. The summed E-state index contributed by atoms with van der Waals surface area (Å²) in [4.78, 5) is 42.5. The number of anilines is 1. The molecule has 0 saturated carbocycles. The van der Waals surface area contributed by atoms with Crippen LogP contribution in [0.15, 0.2) is 24.5 Å². The molecule has 0 saturated heterocycles. The van der Waals surface area contributed by atoms with Crippen molar-refractivity contribution in [3.8, 4) is 0 Å². The van der Waals surface area contributed by atoms with E-state index in [2.05, 4.69) is 10.3 Å². The highest BCUT2D eigenvalue weighted by molar-refractivity contribution is 7.17. The molecule has 0 aliphatic heterocycles. The Morgan fingerprint density at radius 1 is 1.21 bits per heavy atom. The lowest BCUT2D eigenvalue weighted by Gasteiger charge is -2.16. The first kappa shape index (κ1) is 21.0. The van der Waals surface area contributed by atoms with Gasteiger partial charge < -0.3 is 14.8 Å². The Bertz CT molecular complexity index is 894. The second-order valence-corrected chi connectivity index (χ2v) is 7.90. The molecule has 1 N–H and O–H groups in total. The summed E-state index contributed by atoms with van der Waals surface area (Å²) in [6.07, 6.45) is 7.11. The molecule has 0 radical (unpaired) electrons. The van der Waals surface area contributed by atoms with E-state index in [0.717, 1.165) is 42.5 Å². The van der Waals surface area contributed by atoms with E-state index in [1.54, 1.807) is 25.3 Å². The number of aromatic nitrogens is 1. The SMILES string of the molecule is CCC(OC(=O)c1cccnc1)C(=O)Nc1sc2c(c1C(=O)OC)CCCCC2. The molecule has 1 aliphatic carbocycles. The van der Waals surface area contributed by atoms with Gasteiger partial charge in [0, 0.05) is 17.3 Å². The van der Waals surface area contributed by atoms with Gasteiger partial charge in [0.2, 0.25) is 0 Å². The fourth-order valence-electron chi connectivity index (χ4n) is 3.34. The van der Waals surface area contributed by atoms with Crippen molar-refractivity contribution >= 4 is 34.2 Å². The number of carbonyl (C=O) groups is 3. The number of fused-ring (bicyclic) bond motifs is 1. The van der Waals surface area contributed by atoms with E-state index in [-0.39, 0.29) is 5.56 Å². The van der Waals surface area contributed by atoms with Crippen LogP contribution in [0, 0.1) is 0 Å². The van der Waals surface area contributed by atoms with Gasteiger partial charge in [-0.3, -0.25) is 9.78 Å². The zero-order valence-electron chi connectivity index (χ0n) is 16.5. The average Bonchev–Trinajstić information content (AvgIpc) is 2.91. The van der Waals surface area contributed by atoms with E-state index in [9.17, 15) is 14.4 Å². The number of hydrogen-bond acceptors (Lipinski definition) is 7. The molecule has 8 heteroatoms. The maximum atomic E-state index is 12.8. The van der Waals surface area contributed by atoms with E-state index < -0.39 is 23.9 Å². The molecule has 2 aromatic heterocycles. The highest BCUT2D eigenvalue weighted by Crippen LogP contribution is 2.38. The summed E-state index contributed by atoms with van der Waals surface area (Å²) in [6.45, 7) is 1.76. The second kappa shape index (κ2) is 9.65. The lowest BCUT2D eigenvalue weighted by Crippen LogP contribution is -2.32. The van der Waals surface area contributed by atoms with Crippen LogP contribution in [-0.4, -0.2) is 36.0 Å². The molecule has 1 unspecified atom stereocenters. The molecule has 0 fully saturated rings. The van der Waals surface area contributed by atoms with Crippen molar-refractivity contribution in [2.45, 2.75) is 51.6 Å². The summed E-state index contributed by atoms with van der Waals surface area (Å²) < 4.78 is 10.3. The predicted molar refractivity (Wildman–Crippen MR) is 109 cm³/mol. The first-order chi connectivity index (χ1) is 14.0. The van der Waals surface area contributed by atoms with E-state index in [0.29, 0.717) is 17.0 Å². The first-order valence-corrected chi connectivity index (χ1v) is 10.5. The summed E-state index contributed by atoms with van der Waals surface area (Å²) in [7, 11) is 1.33. The summed E-state index contributed by atoms with van der Waals surface area (Å²) in [5.41, 5.74) is 1.67. The molecule has 1 aliphatic rings. The molecule has 7 nitrogen and oxygen atoms in total.